The molecule has 1 aromatic heterocycles. The zero-order valence-corrected chi connectivity index (χ0v) is 11.2. The predicted octanol–water partition coefficient (Wildman–Crippen LogP) is 1.97. The van der Waals surface area contributed by atoms with Gasteiger partial charge in [0, 0.05) is 25.1 Å². The minimum Gasteiger partial charge on any atom is -0.396 e. The van der Waals surface area contributed by atoms with Crippen LogP contribution in [0.2, 0.25) is 0 Å². The van der Waals surface area contributed by atoms with E-state index in [-0.39, 0.29) is 12.0 Å². The van der Waals surface area contributed by atoms with Crippen molar-refractivity contribution in [3.63, 3.8) is 0 Å². The van der Waals surface area contributed by atoms with E-state index in [0.29, 0.717) is 6.61 Å². The van der Waals surface area contributed by atoms with Crippen LogP contribution in [0.4, 0.5) is 0 Å². The van der Waals surface area contributed by atoms with Gasteiger partial charge in [-0.05, 0) is 42.3 Å². The van der Waals surface area contributed by atoms with Gasteiger partial charge in [-0.2, -0.15) is 11.3 Å². The van der Waals surface area contributed by atoms with E-state index in [4.69, 9.17) is 4.74 Å². The summed E-state index contributed by atoms with van der Waals surface area (Å²) >= 11 is 1.73. The molecule has 1 unspecified atom stereocenters. The first-order valence-electron chi connectivity index (χ1n) is 6.12. The molecule has 96 valence electrons. The molecule has 2 heterocycles. The summed E-state index contributed by atoms with van der Waals surface area (Å²) in [5.41, 5.74) is 1.30. The number of aliphatic hydroxyl groups excluding tert-OH is 1. The summed E-state index contributed by atoms with van der Waals surface area (Å²) in [6.07, 6.45) is 2.13. The fraction of sp³-hybridized carbons (Fsp3) is 0.692. The third-order valence-corrected chi connectivity index (χ3v) is 4.11. The molecule has 1 aromatic rings. The lowest BCUT2D eigenvalue weighted by atomic mass is 9.83. The SMILES string of the molecule is CN(Cc1ccsc1)CC1(CO)CCCOC1. The van der Waals surface area contributed by atoms with E-state index in [0.717, 1.165) is 32.5 Å². The zero-order chi connectivity index (χ0) is 12.1. The van der Waals surface area contributed by atoms with Crippen LogP contribution in [0.5, 0.6) is 0 Å². The molecule has 1 fully saturated rings. The normalized spacial score (nSPS) is 25.4. The van der Waals surface area contributed by atoms with Crippen molar-refractivity contribution in [3.05, 3.63) is 22.4 Å². The van der Waals surface area contributed by atoms with Crippen molar-refractivity contribution in [1.29, 1.82) is 0 Å². The summed E-state index contributed by atoms with van der Waals surface area (Å²) in [5.74, 6) is 0. The quantitative estimate of drug-likeness (QED) is 0.873. The Morgan fingerprint density at radius 3 is 3.06 bits per heavy atom. The van der Waals surface area contributed by atoms with Gasteiger partial charge < -0.3 is 14.7 Å². The van der Waals surface area contributed by atoms with Crippen LogP contribution in [0, 0.1) is 5.41 Å². The Hall–Kier alpha value is -0.420. The van der Waals surface area contributed by atoms with Gasteiger partial charge in [0.1, 0.15) is 0 Å². The van der Waals surface area contributed by atoms with Gasteiger partial charge >= 0.3 is 0 Å². The van der Waals surface area contributed by atoms with E-state index in [2.05, 4.69) is 28.8 Å². The van der Waals surface area contributed by atoms with Crippen LogP contribution in [-0.4, -0.2) is 43.4 Å². The maximum absolute atomic E-state index is 9.61. The van der Waals surface area contributed by atoms with Crippen LogP contribution < -0.4 is 0 Å². The van der Waals surface area contributed by atoms with Gasteiger partial charge in [-0.3, -0.25) is 0 Å². The van der Waals surface area contributed by atoms with Gasteiger partial charge in [-0.25, -0.2) is 0 Å². The first-order chi connectivity index (χ1) is 8.24. The Bertz CT molecular complexity index is 320. The van der Waals surface area contributed by atoms with Crippen LogP contribution >= 0.6 is 11.3 Å². The van der Waals surface area contributed by atoms with Gasteiger partial charge in [0.15, 0.2) is 0 Å². The minimum absolute atomic E-state index is 0.0526. The number of thiophene rings is 1. The molecular formula is C13H21NO2S. The summed E-state index contributed by atoms with van der Waals surface area (Å²) < 4.78 is 5.53. The van der Waals surface area contributed by atoms with E-state index in [9.17, 15) is 5.11 Å². The van der Waals surface area contributed by atoms with Crippen LogP contribution in [0.1, 0.15) is 18.4 Å². The minimum atomic E-state index is -0.0526. The fourth-order valence-electron chi connectivity index (χ4n) is 2.53. The Labute approximate surface area is 107 Å². The lowest BCUT2D eigenvalue weighted by molar-refractivity contribution is -0.0531. The molecule has 0 bridgehead atoms. The largest absolute Gasteiger partial charge is 0.396 e. The molecule has 3 nitrogen and oxygen atoms in total. The van der Waals surface area contributed by atoms with Gasteiger partial charge in [0.25, 0.3) is 0 Å². The van der Waals surface area contributed by atoms with Crippen molar-refractivity contribution in [3.8, 4) is 0 Å². The second-order valence-corrected chi connectivity index (χ2v) is 5.90. The number of hydrogen-bond acceptors (Lipinski definition) is 4. The third kappa shape index (κ3) is 3.52. The number of nitrogens with zero attached hydrogens (tertiary/aromatic N) is 1. The van der Waals surface area contributed by atoms with Gasteiger partial charge in [0.2, 0.25) is 0 Å². The zero-order valence-electron chi connectivity index (χ0n) is 10.4. The molecule has 0 amide bonds. The molecular weight excluding hydrogens is 234 g/mol. The Balaban J connectivity index is 1.89. The van der Waals surface area contributed by atoms with Crippen molar-refractivity contribution in [2.75, 3.05) is 33.4 Å². The second kappa shape index (κ2) is 5.96. The summed E-state index contributed by atoms with van der Waals surface area (Å²) in [5, 5.41) is 13.9. The van der Waals surface area contributed by atoms with Crippen LogP contribution in [0.15, 0.2) is 16.8 Å². The highest BCUT2D eigenvalue weighted by molar-refractivity contribution is 7.07. The smallest absolute Gasteiger partial charge is 0.0556 e. The third-order valence-electron chi connectivity index (χ3n) is 3.38. The Morgan fingerprint density at radius 1 is 1.59 bits per heavy atom. The molecule has 0 aliphatic carbocycles. The summed E-state index contributed by atoms with van der Waals surface area (Å²) in [7, 11) is 2.11. The second-order valence-electron chi connectivity index (χ2n) is 5.12. The standard InChI is InChI=1S/C13H21NO2S/c1-14(7-12-3-6-17-8-12)9-13(10-15)4-2-5-16-11-13/h3,6,8,15H,2,4-5,7,9-11H2,1H3. The summed E-state index contributed by atoms with van der Waals surface area (Å²) in [4.78, 5) is 2.28. The average Bonchev–Trinajstić information content (AvgIpc) is 2.83. The number of rotatable bonds is 5. The molecule has 1 aliphatic heterocycles. The first kappa shape index (κ1) is 13.0. The van der Waals surface area contributed by atoms with E-state index in [1.54, 1.807) is 11.3 Å². The highest BCUT2D eigenvalue weighted by Crippen LogP contribution is 2.29. The molecule has 17 heavy (non-hydrogen) atoms. The number of ether oxygens (including phenoxy) is 1. The van der Waals surface area contributed by atoms with Crippen molar-refractivity contribution >= 4 is 11.3 Å². The lowest BCUT2D eigenvalue weighted by Crippen LogP contribution is -2.44. The Kier molecular flexibility index (Phi) is 4.56. The highest BCUT2D eigenvalue weighted by atomic mass is 32.1. The van der Waals surface area contributed by atoms with Crippen molar-refractivity contribution in [2.45, 2.75) is 19.4 Å². The molecule has 1 saturated heterocycles. The topological polar surface area (TPSA) is 32.7 Å². The molecule has 4 heteroatoms. The monoisotopic (exact) mass is 255 g/mol. The van der Waals surface area contributed by atoms with Crippen LogP contribution in [0.3, 0.4) is 0 Å². The number of aliphatic hydroxyl groups is 1. The Morgan fingerprint density at radius 2 is 2.47 bits per heavy atom. The van der Waals surface area contributed by atoms with Gasteiger partial charge in [0.05, 0.1) is 13.2 Å². The highest BCUT2D eigenvalue weighted by Gasteiger charge is 2.33. The summed E-state index contributed by atoms with van der Waals surface area (Å²) in [6.45, 7) is 3.61. The maximum Gasteiger partial charge on any atom is 0.0556 e. The molecule has 0 spiro atoms. The molecule has 1 N–H and O–H groups in total. The maximum atomic E-state index is 9.61. The van der Waals surface area contributed by atoms with Crippen molar-refractivity contribution in [1.82, 2.24) is 4.90 Å². The summed E-state index contributed by atoms with van der Waals surface area (Å²) in [6, 6.07) is 2.16. The molecule has 1 aliphatic rings. The fourth-order valence-corrected chi connectivity index (χ4v) is 3.19. The van der Waals surface area contributed by atoms with Gasteiger partial charge in [-0.15, -0.1) is 0 Å². The van der Waals surface area contributed by atoms with Crippen LogP contribution in [-0.2, 0) is 11.3 Å². The molecule has 1 atom stereocenters. The van der Waals surface area contributed by atoms with E-state index in [1.165, 1.54) is 5.56 Å². The van der Waals surface area contributed by atoms with Crippen molar-refractivity contribution < 1.29 is 9.84 Å². The van der Waals surface area contributed by atoms with Gasteiger partial charge in [-0.1, -0.05) is 0 Å². The first-order valence-corrected chi connectivity index (χ1v) is 7.07. The predicted molar refractivity (Wildman–Crippen MR) is 70.2 cm³/mol. The van der Waals surface area contributed by atoms with Crippen molar-refractivity contribution in [2.24, 2.45) is 5.41 Å². The van der Waals surface area contributed by atoms with E-state index >= 15 is 0 Å². The average molecular weight is 255 g/mol. The van der Waals surface area contributed by atoms with E-state index in [1.807, 2.05) is 0 Å². The van der Waals surface area contributed by atoms with E-state index < -0.39 is 0 Å². The molecule has 0 radical (unpaired) electrons. The lowest BCUT2D eigenvalue weighted by Gasteiger charge is -2.38. The van der Waals surface area contributed by atoms with Crippen LogP contribution in [0.25, 0.3) is 0 Å². The molecule has 2 rings (SSSR count). The number of hydrogen-bond donors (Lipinski definition) is 1. The molecule has 0 aromatic carbocycles. The molecule has 0 saturated carbocycles.